The molecule has 4 rings (SSSR count). The van der Waals surface area contributed by atoms with Gasteiger partial charge in [0, 0.05) is 23.9 Å². The Morgan fingerprint density at radius 3 is 2.71 bits per heavy atom. The van der Waals surface area contributed by atoms with Crippen LogP contribution in [-0.2, 0) is 0 Å². The highest BCUT2D eigenvalue weighted by molar-refractivity contribution is 5.89. The minimum Gasteiger partial charge on any atom is -0.337 e. The van der Waals surface area contributed by atoms with Gasteiger partial charge in [-0.1, -0.05) is 35.5 Å². The highest BCUT2D eigenvalue weighted by Gasteiger charge is 2.32. The van der Waals surface area contributed by atoms with Crippen molar-refractivity contribution in [2.75, 3.05) is 11.9 Å². The van der Waals surface area contributed by atoms with Gasteiger partial charge in [0.2, 0.25) is 11.7 Å². The third-order valence-electron chi connectivity index (χ3n) is 4.69. The Morgan fingerprint density at radius 2 is 1.93 bits per heavy atom. The molecule has 1 N–H and O–H groups in total. The number of nitrogens with one attached hydrogen (secondary N) is 1. The number of urea groups is 1. The first-order valence-corrected chi connectivity index (χ1v) is 9.03. The summed E-state index contributed by atoms with van der Waals surface area (Å²) in [4.78, 5) is 18.8. The smallest absolute Gasteiger partial charge is 0.322 e. The van der Waals surface area contributed by atoms with Gasteiger partial charge in [0.05, 0.1) is 0 Å². The number of anilines is 1. The largest absolute Gasteiger partial charge is 0.337 e. The zero-order valence-corrected chi connectivity index (χ0v) is 14.9. The van der Waals surface area contributed by atoms with Gasteiger partial charge in [0.1, 0.15) is 6.04 Å². The Hall–Kier alpha value is -3.29. The second kappa shape index (κ2) is 7.75. The first-order chi connectivity index (χ1) is 13.6. The molecule has 28 heavy (non-hydrogen) atoms. The number of hydrogen-bond acceptors (Lipinski definition) is 4. The summed E-state index contributed by atoms with van der Waals surface area (Å²) >= 11 is 0. The van der Waals surface area contributed by atoms with Crippen LogP contribution in [0, 0.1) is 11.6 Å². The van der Waals surface area contributed by atoms with E-state index in [1.807, 2.05) is 30.3 Å². The molecule has 0 saturated carbocycles. The van der Waals surface area contributed by atoms with Crippen LogP contribution in [-0.4, -0.2) is 27.6 Å². The van der Waals surface area contributed by atoms with Gasteiger partial charge in [-0.05, 0) is 31.4 Å². The van der Waals surface area contributed by atoms with Crippen molar-refractivity contribution in [3.05, 3.63) is 66.1 Å². The van der Waals surface area contributed by atoms with Crippen molar-refractivity contribution in [3.8, 4) is 11.4 Å². The van der Waals surface area contributed by atoms with Gasteiger partial charge in [-0.15, -0.1) is 0 Å². The van der Waals surface area contributed by atoms with Gasteiger partial charge in [-0.3, -0.25) is 0 Å². The molecule has 144 valence electrons. The molecule has 3 aromatic rings. The molecule has 0 spiro atoms. The zero-order valence-electron chi connectivity index (χ0n) is 14.9. The van der Waals surface area contributed by atoms with Crippen LogP contribution in [0.1, 0.15) is 31.2 Å². The fourth-order valence-electron chi connectivity index (χ4n) is 3.28. The van der Waals surface area contributed by atoms with Gasteiger partial charge in [0.25, 0.3) is 0 Å². The lowest BCUT2D eigenvalue weighted by Crippen LogP contribution is -2.41. The van der Waals surface area contributed by atoms with Gasteiger partial charge >= 0.3 is 6.03 Å². The van der Waals surface area contributed by atoms with Crippen LogP contribution in [0.25, 0.3) is 11.4 Å². The SMILES string of the molecule is O=C(Nc1ccc(F)c(F)c1)N1CCCCC1c1nc(-c2ccccc2)no1. The molecule has 1 atom stereocenters. The molecule has 0 radical (unpaired) electrons. The molecular formula is C20H18F2N4O2. The lowest BCUT2D eigenvalue weighted by molar-refractivity contribution is 0.142. The summed E-state index contributed by atoms with van der Waals surface area (Å²) in [5.41, 5.74) is 1.01. The van der Waals surface area contributed by atoms with E-state index in [9.17, 15) is 13.6 Å². The Labute approximate surface area is 160 Å². The summed E-state index contributed by atoms with van der Waals surface area (Å²) in [6, 6.07) is 11.9. The van der Waals surface area contributed by atoms with Crippen molar-refractivity contribution in [2.24, 2.45) is 0 Å². The molecule has 2 aromatic carbocycles. The summed E-state index contributed by atoms with van der Waals surface area (Å²) in [7, 11) is 0. The molecule has 2 amide bonds. The molecule has 1 aliphatic rings. The Morgan fingerprint density at radius 1 is 1.11 bits per heavy atom. The molecule has 8 heteroatoms. The highest BCUT2D eigenvalue weighted by atomic mass is 19.2. The second-order valence-corrected chi connectivity index (χ2v) is 6.59. The highest BCUT2D eigenvalue weighted by Crippen LogP contribution is 2.31. The number of likely N-dealkylation sites (tertiary alicyclic amines) is 1. The van der Waals surface area contributed by atoms with E-state index in [1.54, 1.807) is 4.90 Å². The van der Waals surface area contributed by atoms with Crippen LogP contribution < -0.4 is 5.32 Å². The van der Waals surface area contributed by atoms with E-state index < -0.39 is 17.7 Å². The maximum Gasteiger partial charge on any atom is 0.322 e. The van der Waals surface area contributed by atoms with Crippen molar-refractivity contribution in [2.45, 2.75) is 25.3 Å². The first kappa shape index (κ1) is 18.1. The second-order valence-electron chi connectivity index (χ2n) is 6.59. The van der Waals surface area contributed by atoms with E-state index in [4.69, 9.17) is 4.52 Å². The maximum atomic E-state index is 13.4. The van der Waals surface area contributed by atoms with E-state index in [-0.39, 0.29) is 11.7 Å². The lowest BCUT2D eigenvalue weighted by atomic mass is 10.0. The zero-order chi connectivity index (χ0) is 19.5. The summed E-state index contributed by atoms with van der Waals surface area (Å²) in [5, 5.41) is 6.63. The van der Waals surface area contributed by atoms with Gasteiger partial charge in [-0.2, -0.15) is 4.98 Å². The summed E-state index contributed by atoms with van der Waals surface area (Å²) in [5.74, 6) is -1.16. The fourth-order valence-corrected chi connectivity index (χ4v) is 3.28. The number of piperidine rings is 1. The third kappa shape index (κ3) is 3.71. The summed E-state index contributed by atoms with van der Waals surface area (Å²) < 4.78 is 31.9. The molecule has 0 aliphatic carbocycles. The summed E-state index contributed by atoms with van der Waals surface area (Å²) in [6.45, 7) is 0.503. The number of amides is 2. The number of halogens is 2. The molecule has 1 aliphatic heterocycles. The van der Waals surface area contributed by atoms with E-state index in [0.717, 1.165) is 30.5 Å². The standard InChI is InChI=1S/C20H18F2N4O2/c21-15-10-9-14(12-16(15)22)23-20(27)26-11-5-4-8-17(26)19-24-18(25-28-19)13-6-2-1-3-7-13/h1-3,6-7,9-10,12,17H,4-5,8,11H2,(H,23,27). The van der Waals surface area contributed by atoms with Crippen molar-refractivity contribution >= 4 is 11.7 Å². The number of carbonyl (C=O) groups excluding carboxylic acids is 1. The third-order valence-corrected chi connectivity index (χ3v) is 4.69. The van der Waals surface area contributed by atoms with Crippen LogP contribution in [0.15, 0.2) is 53.1 Å². The molecular weight excluding hydrogens is 366 g/mol. The van der Waals surface area contributed by atoms with E-state index in [2.05, 4.69) is 15.5 Å². The van der Waals surface area contributed by atoms with Gasteiger partial charge < -0.3 is 14.7 Å². The molecule has 0 bridgehead atoms. The van der Waals surface area contributed by atoms with Gasteiger partial charge in [-0.25, -0.2) is 13.6 Å². The quantitative estimate of drug-likeness (QED) is 0.706. The molecule has 1 fully saturated rings. The number of nitrogens with zero attached hydrogens (tertiary/aromatic N) is 3. The Kier molecular flexibility index (Phi) is 5.01. The average molecular weight is 384 g/mol. The topological polar surface area (TPSA) is 71.3 Å². The maximum absolute atomic E-state index is 13.4. The fraction of sp³-hybridized carbons (Fsp3) is 0.250. The Bertz CT molecular complexity index is 977. The van der Waals surface area contributed by atoms with Crippen molar-refractivity contribution < 1.29 is 18.1 Å². The van der Waals surface area contributed by atoms with E-state index in [0.29, 0.717) is 24.7 Å². The number of hydrogen-bond donors (Lipinski definition) is 1. The van der Waals surface area contributed by atoms with Crippen molar-refractivity contribution in [1.29, 1.82) is 0 Å². The monoisotopic (exact) mass is 384 g/mol. The van der Waals surface area contributed by atoms with Crippen LogP contribution >= 0.6 is 0 Å². The van der Waals surface area contributed by atoms with Crippen molar-refractivity contribution in [3.63, 3.8) is 0 Å². The summed E-state index contributed by atoms with van der Waals surface area (Å²) in [6.07, 6.45) is 2.44. The van der Waals surface area contributed by atoms with Crippen LogP contribution in [0.4, 0.5) is 19.3 Å². The lowest BCUT2D eigenvalue weighted by Gasteiger charge is -2.33. The molecule has 6 nitrogen and oxygen atoms in total. The van der Waals surface area contributed by atoms with Gasteiger partial charge in [0.15, 0.2) is 11.6 Å². The Balaban J connectivity index is 1.53. The predicted octanol–water partition coefficient (Wildman–Crippen LogP) is 4.77. The molecule has 2 heterocycles. The predicted molar refractivity (Wildman–Crippen MR) is 98.4 cm³/mol. The molecule has 1 saturated heterocycles. The number of aromatic nitrogens is 2. The molecule has 1 unspecified atom stereocenters. The van der Waals surface area contributed by atoms with Crippen molar-refractivity contribution in [1.82, 2.24) is 15.0 Å². The average Bonchev–Trinajstić information content (AvgIpc) is 3.21. The molecule has 1 aromatic heterocycles. The number of carbonyl (C=O) groups is 1. The minimum atomic E-state index is -1.02. The van der Waals surface area contributed by atoms with E-state index >= 15 is 0 Å². The van der Waals surface area contributed by atoms with Crippen LogP contribution in [0.2, 0.25) is 0 Å². The minimum absolute atomic E-state index is 0.184. The first-order valence-electron chi connectivity index (χ1n) is 9.03. The normalized spacial score (nSPS) is 16.8. The van der Waals surface area contributed by atoms with Crippen LogP contribution in [0.5, 0.6) is 0 Å². The number of rotatable bonds is 3. The van der Waals surface area contributed by atoms with E-state index in [1.165, 1.54) is 6.07 Å². The number of benzene rings is 2. The van der Waals surface area contributed by atoms with Crippen LogP contribution in [0.3, 0.4) is 0 Å².